The van der Waals surface area contributed by atoms with Gasteiger partial charge in [-0.05, 0) is 25.7 Å². The zero-order valence-corrected chi connectivity index (χ0v) is 70.5. The summed E-state index contributed by atoms with van der Waals surface area (Å²) in [5.41, 5.74) is 0. The van der Waals surface area contributed by atoms with Crippen LogP contribution in [0.5, 0.6) is 0 Å². The Kier molecular flexibility index (Phi) is 64.0. The molecule has 4 fully saturated rings. The van der Waals surface area contributed by atoms with Crippen LogP contribution < -0.4 is 5.32 Å². The van der Waals surface area contributed by atoms with E-state index in [-0.39, 0.29) is 60.6 Å². The van der Waals surface area contributed by atoms with E-state index in [4.69, 9.17) is 0 Å². The van der Waals surface area contributed by atoms with Crippen molar-refractivity contribution in [2.24, 2.45) is 11.8 Å². The maximum Gasteiger partial charge on any atom is 0.236 e. The van der Waals surface area contributed by atoms with Gasteiger partial charge < -0.3 is 0 Å². The van der Waals surface area contributed by atoms with Crippen molar-refractivity contribution in [3.05, 3.63) is 24.3 Å². The van der Waals surface area contributed by atoms with E-state index in [0.29, 0.717) is 13.1 Å². The number of likely N-dealkylation sites (tertiary alicyclic amines) is 2. The molecule has 0 aromatic heterocycles. The molecule has 9 nitrogen and oxygen atoms in total. The second kappa shape index (κ2) is 70.7. The molecule has 105 heavy (non-hydrogen) atoms. The first-order chi connectivity index (χ1) is 51.9. The van der Waals surface area contributed by atoms with Crippen molar-refractivity contribution in [3.8, 4) is 0 Å². The monoisotopic (exact) mass is 1470 g/mol. The number of hydrogen-bond donors (Lipinski definition) is 1. The molecule has 4 saturated heterocycles. The molecule has 0 spiro atoms. The van der Waals surface area contributed by atoms with Crippen molar-refractivity contribution in [3.63, 3.8) is 0 Å². The van der Waals surface area contributed by atoms with E-state index in [9.17, 15) is 19.2 Å². The van der Waals surface area contributed by atoms with Crippen molar-refractivity contribution in [2.45, 2.75) is 514 Å². The average Bonchev–Trinajstić information content (AvgIpc) is 1.66. The molecule has 0 aliphatic carbocycles. The summed E-state index contributed by atoms with van der Waals surface area (Å²) < 4.78 is 0. The second-order valence-corrected chi connectivity index (χ2v) is 34.8. The predicted octanol–water partition coefficient (Wildman–Crippen LogP) is 28.6. The molecule has 4 aliphatic rings. The molecule has 4 rings (SSSR count). The minimum atomic E-state index is -0.384. The van der Waals surface area contributed by atoms with Crippen molar-refractivity contribution in [1.29, 1.82) is 0 Å². The van der Waals surface area contributed by atoms with Gasteiger partial charge in [0.2, 0.25) is 23.6 Å². The van der Waals surface area contributed by atoms with Gasteiger partial charge in [0.1, 0.15) is 0 Å². The Morgan fingerprint density at radius 1 is 0.257 bits per heavy atom. The number of imide groups is 2. The lowest BCUT2D eigenvalue weighted by molar-refractivity contribution is -0.140. The zero-order chi connectivity index (χ0) is 74.4. The Morgan fingerprint density at radius 3 is 0.581 bits per heavy atom. The molecule has 4 atom stereocenters. The maximum absolute atomic E-state index is 13.7. The van der Waals surface area contributed by atoms with Crippen LogP contribution >= 0.6 is 0 Å². The van der Waals surface area contributed by atoms with Crippen molar-refractivity contribution < 1.29 is 19.2 Å². The Labute approximate surface area is 653 Å². The summed E-state index contributed by atoms with van der Waals surface area (Å²) in [7, 11) is 0. The smallest absolute Gasteiger partial charge is 0.236 e. The first-order valence-corrected chi connectivity index (χ1v) is 48.2. The van der Waals surface area contributed by atoms with Gasteiger partial charge >= 0.3 is 0 Å². The highest BCUT2D eigenvalue weighted by Gasteiger charge is 2.44. The van der Waals surface area contributed by atoms with E-state index >= 15 is 0 Å². The molecule has 612 valence electrons. The van der Waals surface area contributed by atoms with E-state index in [1.807, 2.05) is 12.2 Å². The lowest BCUT2D eigenvalue weighted by Crippen LogP contribution is -2.56. The Bertz CT molecular complexity index is 1890. The second-order valence-electron chi connectivity index (χ2n) is 34.8. The van der Waals surface area contributed by atoms with Crippen LogP contribution in [0.4, 0.5) is 0 Å². The fourth-order valence-corrected chi connectivity index (χ4v) is 17.2. The van der Waals surface area contributed by atoms with Crippen LogP contribution in [0.1, 0.15) is 502 Å². The van der Waals surface area contributed by atoms with Gasteiger partial charge in [-0.3, -0.25) is 44.1 Å². The molecular formula is C96H179N5O4. The van der Waals surface area contributed by atoms with Crippen LogP contribution in [0, 0.1) is 11.8 Å². The molecule has 0 bridgehead atoms. The standard InChI is InChI=1S/C96H179N5O4/c1-3-5-7-9-11-13-15-17-19-21-23-25-27-29-31-33-35-37-39-41-43-45-47-49-51-53-55-57-59-61-63-65-67-69-71-73-75-77-79-89-85-93(102)100(95(89)104)87-91(98-81-82-98)97-92(99-83-84-99)88-101-94(103)86-90(96(101)105)80-78-76-74-72-70-68-66-64-62-60-58-56-54-52-50-48-46-44-42-40-38-36-34-32-30-28-26-24-22-20-18-16-14-12-10-8-6-4-2/h77-80,89-92,97H,3-76,81-88H2,1-2H3/b79-77+,80-78+. The summed E-state index contributed by atoms with van der Waals surface area (Å²) >= 11 is 0. The molecule has 0 aromatic rings. The van der Waals surface area contributed by atoms with Crippen molar-refractivity contribution >= 4 is 23.6 Å². The Morgan fingerprint density at radius 2 is 0.419 bits per heavy atom. The highest BCUT2D eigenvalue weighted by Crippen LogP contribution is 2.28. The molecule has 0 aromatic carbocycles. The first kappa shape index (κ1) is 95.0. The van der Waals surface area contributed by atoms with Gasteiger partial charge in [0, 0.05) is 39.0 Å². The van der Waals surface area contributed by atoms with Crippen LogP contribution in [0.25, 0.3) is 0 Å². The quantitative estimate of drug-likeness (QED) is 0.0281. The van der Waals surface area contributed by atoms with Crippen LogP contribution in [0.15, 0.2) is 24.3 Å². The molecule has 4 unspecified atom stereocenters. The summed E-state index contributed by atoms with van der Waals surface area (Å²) in [6.07, 6.45) is 113. The van der Waals surface area contributed by atoms with E-state index in [2.05, 4.69) is 41.1 Å². The summed E-state index contributed by atoms with van der Waals surface area (Å²) in [6.45, 7) is 8.80. The van der Waals surface area contributed by atoms with E-state index in [1.54, 1.807) is 0 Å². The molecule has 4 heterocycles. The van der Waals surface area contributed by atoms with Gasteiger partial charge in [-0.25, -0.2) is 0 Å². The lowest BCUT2D eigenvalue weighted by atomic mass is 10.0. The number of nitrogens with one attached hydrogen (secondary N) is 1. The largest absolute Gasteiger partial charge is 0.284 e. The molecular weight excluding hydrogens is 1290 g/mol. The third-order valence-corrected chi connectivity index (χ3v) is 24.7. The lowest BCUT2D eigenvalue weighted by Gasteiger charge is -2.32. The molecule has 9 heteroatoms. The number of carbonyl (C=O) groups is 4. The predicted molar refractivity (Wildman–Crippen MR) is 455 cm³/mol. The first-order valence-electron chi connectivity index (χ1n) is 48.2. The average molecular weight is 1470 g/mol. The van der Waals surface area contributed by atoms with E-state index in [0.717, 1.165) is 51.9 Å². The van der Waals surface area contributed by atoms with Gasteiger partial charge in [0.15, 0.2) is 0 Å². The van der Waals surface area contributed by atoms with Crippen molar-refractivity contribution in [1.82, 2.24) is 24.9 Å². The fraction of sp³-hybridized carbons (Fsp3) is 0.917. The number of carbonyl (C=O) groups excluding carboxylic acids is 4. The highest BCUT2D eigenvalue weighted by atomic mass is 16.2. The number of hydrogen-bond acceptors (Lipinski definition) is 7. The molecule has 4 amide bonds. The van der Waals surface area contributed by atoms with Crippen molar-refractivity contribution in [2.75, 3.05) is 39.3 Å². The van der Waals surface area contributed by atoms with Gasteiger partial charge in [-0.15, -0.1) is 0 Å². The van der Waals surface area contributed by atoms with E-state index < -0.39 is 0 Å². The van der Waals surface area contributed by atoms with Gasteiger partial charge in [-0.2, -0.15) is 0 Å². The number of rotatable bonds is 84. The van der Waals surface area contributed by atoms with Gasteiger partial charge in [0.05, 0.1) is 37.3 Å². The molecule has 1 N–H and O–H groups in total. The van der Waals surface area contributed by atoms with Crippen LogP contribution in [0.3, 0.4) is 0 Å². The summed E-state index contributed by atoms with van der Waals surface area (Å²) in [6, 6.07) is 0. The molecule has 0 saturated carbocycles. The topological polar surface area (TPSA) is 92.8 Å². The Hall–Kier alpha value is -2.36. The number of unbranched alkanes of at least 4 members (excludes halogenated alkanes) is 72. The number of allylic oxidation sites excluding steroid dienone is 2. The normalized spacial score (nSPS) is 17.1. The van der Waals surface area contributed by atoms with Crippen LogP contribution in [0.2, 0.25) is 0 Å². The summed E-state index contributed by atoms with van der Waals surface area (Å²) in [4.78, 5) is 61.5. The van der Waals surface area contributed by atoms with Crippen LogP contribution in [-0.2, 0) is 19.2 Å². The van der Waals surface area contributed by atoms with Crippen LogP contribution in [-0.4, -0.2) is 94.8 Å². The van der Waals surface area contributed by atoms with Gasteiger partial charge in [0.25, 0.3) is 0 Å². The maximum atomic E-state index is 13.7. The third-order valence-electron chi connectivity index (χ3n) is 24.7. The fourth-order valence-electron chi connectivity index (χ4n) is 17.2. The number of nitrogens with zero attached hydrogens (tertiary/aromatic N) is 4. The third kappa shape index (κ3) is 54.8. The van der Waals surface area contributed by atoms with Gasteiger partial charge in [-0.1, -0.05) is 488 Å². The molecule has 0 radical (unpaired) electrons. The molecule has 4 aliphatic heterocycles. The SMILES string of the molecule is CCCCCCCCCCCCCCCCCCCCCCCCCCCCCCCCCCCCCC/C=C/C1CC(=O)N(CC(NC(CN2C(=O)CC(/C=C/CCCCCCCCCCCCCCCCCCCCCCCCCCCCCCCCCCCCCC)C2=O)N2CC2)N2CC2)C1=O. The highest BCUT2D eigenvalue weighted by molar-refractivity contribution is 6.05. The zero-order valence-electron chi connectivity index (χ0n) is 70.5. The minimum absolute atomic E-state index is 0.0958. The minimum Gasteiger partial charge on any atom is -0.284 e. The summed E-state index contributed by atoms with van der Waals surface area (Å²) in [5, 5.41) is 3.71. The number of amides is 4. The Balaban J connectivity index is 0.862. The summed E-state index contributed by atoms with van der Waals surface area (Å²) in [5.74, 6) is -1.16. The van der Waals surface area contributed by atoms with E-state index in [1.165, 1.54) is 459 Å².